The molecule has 0 radical (unpaired) electrons. The van der Waals surface area contributed by atoms with Crippen molar-refractivity contribution in [3.63, 3.8) is 0 Å². The van der Waals surface area contributed by atoms with Gasteiger partial charge in [-0.2, -0.15) is 27.8 Å². The largest absolute Gasteiger partial charge is 0.280 e. The molecule has 0 atom stereocenters. The lowest BCUT2D eigenvalue weighted by atomic mass is 9.70. The van der Waals surface area contributed by atoms with Crippen LogP contribution in [0.15, 0.2) is 99.2 Å². The van der Waals surface area contributed by atoms with Crippen LogP contribution in [0.1, 0.15) is 27.9 Å². The molecule has 0 fully saturated rings. The number of benzene rings is 2. The second-order valence-electron chi connectivity index (χ2n) is 8.86. The van der Waals surface area contributed by atoms with Crippen LogP contribution >= 0.6 is 22.7 Å². The van der Waals surface area contributed by atoms with Crippen molar-refractivity contribution in [3.05, 3.63) is 122 Å². The summed E-state index contributed by atoms with van der Waals surface area (Å²) in [4.78, 5) is 0.222. The van der Waals surface area contributed by atoms with Crippen LogP contribution in [-0.4, -0.2) is 18.6 Å². The highest BCUT2D eigenvalue weighted by Crippen LogP contribution is 2.45. The van der Waals surface area contributed by atoms with Gasteiger partial charge in [0.1, 0.15) is 0 Å². The van der Waals surface area contributed by atoms with Crippen LogP contribution in [-0.2, 0) is 21.9 Å². The number of allylic oxidation sites excluding steroid dienone is 1. The Morgan fingerprint density at radius 3 is 2.19 bits per heavy atom. The molecular weight excluding hydrogens is 507 g/mol. The minimum Gasteiger partial charge on any atom is -0.280 e. The average molecular weight is 530 g/mol. The van der Waals surface area contributed by atoms with E-state index in [1.165, 1.54) is 15.4 Å². The van der Waals surface area contributed by atoms with Gasteiger partial charge in [-0.1, -0.05) is 48.0 Å². The summed E-state index contributed by atoms with van der Waals surface area (Å²) < 4.78 is 29.3. The molecule has 0 unspecified atom stereocenters. The second-order valence-corrected chi connectivity index (χ2v) is 12.2. The molecule has 0 spiro atoms. The number of hydrogen-bond acceptors (Lipinski definition) is 5. The van der Waals surface area contributed by atoms with E-state index in [1.807, 2.05) is 43.3 Å². The molecule has 0 aliphatic heterocycles. The maximum atomic E-state index is 14.0. The standard InChI is InChI=1S/C28H23N3O2S3/c1-20-7-9-24(10-8-20)36(32,33)31(23-5-3-2-4-6-23)27-25-11-14-28(17-26(25)29-30-27,21-12-15-34-18-21)22-13-16-35-19-22/h2-16,18-19H,17H2,1H3,(H,29,30). The molecule has 5 nitrogen and oxygen atoms in total. The van der Waals surface area contributed by atoms with E-state index in [0.29, 0.717) is 17.9 Å². The summed E-state index contributed by atoms with van der Waals surface area (Å²) in [6.45, 7) is 1.94. The number of para-hydroxylation sites is 1. The van der Waals surface area contributed by atoms with Gasteiger partial charge in [0.25, 0.3) is 10.0 Å². The lowest BCUT2D eigenvalue weighted by Gasteiger charge is -2.33. The van der Waals surface area contributed by atoms with Gasteiger partial charge in [0.2, 0.25) is 0 Å². The topological polar surface area (TPSA) is 66.1 Å². The molecule has 0 saturated heterocycles. The van der Waals surface area contributed by atoms with Crippen molar-refractivity contribution in [2.45, 2.75) is 23.7 Å². The number of aromatic nitrogens is 2. The first-order chi connectivity index (χ1) is 17.5. The Kier molecular flexibility index (Phi) is 5.67. The molecule has 180 valence electrons. The SMILES string of the molecule is Cc1ccc(S(=O)(=O)N(c2ccccc2)c2n[nH]c3c2C=CC(c2ccsc2)(c2ccsc2)C3)cc1. The van der Waals surface area contributed by atoms with Crippen molar-refractivity contribution in [1.82, 2.24) is 10.2 Å². The first kappa shape index (κ1) is 23.0. The van der Waals surface area contributed by atoms with E-state index in [-0.39, 0.29) is 10.3 Å². The quantitative estimate of drug-likeness (QED) is 0.260. The van der Waals surface area contributed by atoms with Gasteiger partial charge < -0.3 is 0 Å². The van der Waals surface area contributed by atoms with Crippen LogP contribution in [0.4, 0.5) is 11.5 Å². The molecule has 1 N–H and O–H groups in total. The molecule has 0 bridgehead atoms. The molecule has 36 heavy (non-hydrogen) atoms. The minimum absolute atomic E-state index is 0.222. The van der Waals surface area contributed by atoms with Crippen molar-refractivity contribution < 1.29 is 8.42 Å². The maximum absolute atomic E-state index is 14.0. The number of fused-ring (bicyclic) bond motifs is 1. The van der Waals surface area contributed by atoms with Gasteiger partial charge >= 0.3 is 0 Å². The number of aryl methyl sites for hydroxylation is 1. The maximum Gasteiger partial charge on any atom is 0.269 e. The number of nitrogens with one attached hydrogen (secondary N) is 1. The molecule has 3 heterocycles. The Balaban J connectivity index is 1.50. The van der Waals surface area contributed by atoms with E-state index in [4.69, 9.17) is 0 Å². The van der Waals surface area contributed by atoms with Crippen molar-refractivity contribution in [2.75, 3.05) is 4.31 Å². The van der Waals surface area contributed by atoms with Gasteiger partial charge in [0.05, 0.1) is 10.6 Å². The van der Waals surface area contributed by atoms with E-state index in [2.05, 4.69) is 49.9 Å². The number of rotatable bonds is 6. The third-order valence-corrected chi connectivity index (χ3v) is 9.77. The van der Waals surface area contributed by atoms with Gasteiger partial charge in [-0.25, -0.2) is 12.7 Å². The third-order valence-electron chi connectivity index (χ3n) is 6.67. The molecule has 1 aliphatic carbocycles. The number of anilines is 2. The van der Waals surface area contributed by atoms with Crippen LogP contribution in [0.2, 0.25) is 0 Å². The van der Waals surface area contributed by atoms with E-state index >= 15 is 0 Å². The lowest BCUT2D eigenvalue weighted by molar-refractivity contribution is 0.595. The summed E-state index contributed by atoms with van der Waals surface area (Å²) >= 11 is 3.35. The Morgan fingerprint density at radius 1 is 0.917 bits per heavy atom. The van der Waals surface area contributed by atoms with Crippen LogP contribution < -0.4 is 4.31 Å². The zero-order valence-electron chi connectivity index (χ0n) is 19.5. The Hall–Kier alpha value is -3.46. The van der Waals surface area contributed by atoms with Crippen molar-refractivity contribution >= 4 is 50.3 Å². The first-order valence-corrected chi connectivity index (χ1v) is 14.8. The van der Waals surface area contributed by atoms with E-state index < -0.39 is 10.0 Å². The van der Waals surface area contributed by atoms with Gasteiger partial charge in [0, 0.05) is 23.1 Å². The van der Waals surface area contributed by atoms with Crippen LogP contribution in [0, 0.1) is 6.92 Å². The number of H-pyrrole nitrogens is 1. The zero-order valence-corrected chi connectivity index (χ0v) is 21.9. The second kappa shape index (κ2) is 8.89. The van der Waals surface area contributed by atoms with E-state index in [9.17, 15) is 8.42 Å². The minimum atomic E-state index is -3.92. The number of hydrogen-bond donors (Lipinski definition) is 1. The fraction of sp³-hybridized carbons (Fsp3) is 0.107. The first-order valence-electron chi connectivity index (χ1n) is 11.5. The fourth-order valence-electron chi connectivity index (χ4n) is 4.76. The average Bonchev–Trinajstić information content (AvgIpc) is 3.67. The molecule has 6 rings (SSSR count). The summed E-state index contributed by atoms with van der Waals surface area (Å²) in [6, 6.07) is 20.4. The molecule has 1 aliphatic rings. The van der Waals surface area contributed by atoms with Crippen LogP contribution in [0.3, 0.4) is 0 Å². The van der Waals surface area contributed by atoms with Crippen LogP contribution in [0.5, 0.6) is 0 Å². The van der Waals surface area contributed by atoms with E-state index in [1.54, 1.807) is 46.9 Å². The Labute approximate surface area is 218 Å². The number of thiophene rings is 2. The summed E-state index contributed by atoms with van der Waals surface area (Å²) in [5.74, 6) is 0.372. The van der Waals surface area contributed by atoms with Gasteiger partial charge in [-0.05, 0) is 76.0 Å². The predicted octanol–water partition coefficient (Wildman–Crippen LogP) is 6.92. The number of nitrogens with zero attached hydrogens (tertiary/aromatic N) is 2. The van der Waals surface area contributed by atoms with Crippen LogP contribution in [0.25, 0.3) is 6.08 Å². The Morgan fingerprint density at radius 2 is 1.58 bits per heavy atom. The number of sulfonamides is 1. The summed E-state index contributed by atoms with van der Waals surface area (Å²) in [5.41, 5.74) is 5.34. The highest BCUT2D eigenvalue weighted by atomic mass is 32.2. The third kappa shape index (κ3) is 3.73. The van der Waals surface area contributed by atoms with Gasteiger partial charge in [-0.15, -0.1) is 0 Å². The summed E-state index contributed by atoms with van der Waals surface area (Å²) in [7, 11) is -3.92. The van der Waals surface area contributed by atoms with Gasteiger partial charge in [-0.3, -0.25) is 5.10 Å². The normalized spacial score (nSPS) is 14.5. The number of aromatic amines is 1. The molecule has 8 heteroatoms. The van der Waals surface area contributed by atoms with Crippen molar-refractivity contribution in [2.24, 2.45) is 0 Å². The molecular formula is C28H23N3O2S3. The highest BCUT2D eigenvalue weighted by molar-refractivity contribution is 7.93. The predicted molar refractivity (Wildman–Crippen MR) is 148 cm³/mol. The molecule has 0 amide bonds. The fourth-order valence-corrected chi connectivity index (χ4v) is 7.69. The molecule has 5 aromatic rings. The molecule has 3 aromatic heterocycles. The van der Waals surface area contributed by atoms with Crippen molar-refractivity contribution in [3.8, 4) is 0 Å². The summed E-state index contributed by atoms with van der Waals surface area (Å²) in [6.07, 6.45) is 4.88. The lowest BCUT2D eigenvalue weighted by Crippen LogP contribution is -2.30. The smallest absolute Gasteiger partial charge is 0.269 e. The molecule has 0 saturated carbocycles. The van der Waals surface area contributed by atoms with Gasteiger partial charge in [0.15, 0.2) is 5.82 Å². The Bertz CT molecular complexity index is 1580. The van der Waals surface area contributed by atoms with E-state index in [0.717, 1.165) is 16.8 Å². The van der Waals surface area contributed by atoms with Crippen molar-refractivity contribution in [1.29, 1.82) is 0 Å². The zero-order chi connectivity index (χ0) is 24.8. The summed E-state index contributed by atoms with van der Waals surface area (Å²) in [5, 5.41) is 16.3. The molecule has 2 aromatic carbocycles. The monoisotopic (exact) mass is 529 g/mol. The highest BCUT2D eigenvalue weighted by Gasteiger charge is 2.39.